The standard InChI is InChI=1S/C41H57N3O.C39H51N2O.2C3H8.2CH4.3HI/c1-10-27-42-35-21-14-12-19-33(35)40(3,4)37(42)25-23-31-17-16-18-32(39(31)45-30-29-44(7,8)9)24-26-38-41(5,6)34-20-13-15-22-36(34)43(38)28-11-2;1-7-26-40-34-20-11-9-18-32(34)38(3,4)36(40)24-22-29-15-13-16-30(31(29)17-14-28-42)23-25-37-39(5,6)33-19-10-12-21-35(33)41(37)27-8-2;2*1-3-2;;;;;/h12-15,19-26H,10-11,16-18,27-30H2,1-9H3;9-12,18-25,42H,7-8,13-17,26-28H2,1-6H3;2*3H2,1-2H3;2*1H4;3*1H/q+2;+1;;;;;;;/p-3. The van der Waals surface area contributed by atoms with E-state index in [1.165, 1.54) is 109 Å². The van der Waals surface area contributed by atoms with E-state index < -0.39 is 0 Å². The summed E-state index contributed by atoms with van der Waals surface area (Å²) in [5, 5.41) is 9.81. The van der Waals surface area contributed by atoms with Crippen LogP contribution >= 0.6 is 0 Å². The summed E-state index contributed by atoms with van der Waals surface area (Å²) in [6, 6.07) is 35.7. The third kappa shape index (κ3) is 20.7. The minimum Gasteiger partial charge on any atom is -1.00 e. The maximum Gasteiger partial charge on any atom is 0.209 e. The lowest BCUT2D eigenvalue weighted by Gasteiger charge is -2.28. The van der Waals surface area contributed by atoms with Crippen LogP contribution in [-0.2, 0) is 26.4 Å². The van der Waals surface area contributed by atoms with Crippen LogP contribution in [0.5, 0.6) is 0 Å². The summed E-state index contributed by atoms with van der Waals surface area (Å²) >= 11 is 0. The van der Waals surface area contributed by atoms with Crippen LogP contribution in [0.15, 0.2) is 191 Å². The quantitative estimate of drug-likeness (QED) is 0.0513. The van der Waals surface area contributed by atoms with E-state index in [-0.39, 0.29) is 115 Å². The first-order valence-corrected chi connectivity index (χ1v) is 36.4. The molecule has 10 heteroatoms. The number of fused-ring (bicyclic) bond motifs is 4. The van der Waals surface area contributed by atoms with E-state index in [4.69, 9.17) is 4.74 Å². The van der Waals surface area contributed by atoms with Gasteiger partial charge in [0.2, 0.25) is 11.4 Å². The number of quaternary nitrogens is 1. The zero-order chi connectivity index (χ0) is 67.7. The van der Waals surface area contributed by atoms with Gasteiger partial charge >= 0.3 is 0 Å². The van der Waals surface area contributed by atoms with Crippen LogP contribution in [0.2, 0.25) is 0 Å². The molecular formula is C88H132I3N5O2. The number of rotatable bonds is 21. The maximum absolute atomic E-state index is 9.81. The highest BCUT2D eigenvalue weighted by atomic mass is 127. The van der Waals surface area contributed by atoms with Crippen LogP contribution < -0.4 is 81.7 Å². The fourth-order valence-electron chi connectivity index (χ4n) is 14.9. The Bertz CT molecular complexity index is 3530. The lowest BCUT2D eigenvalue weighted by molar-refractivity contribution is -0.870. The predicted octanol–water partition coefficient (Wildman–Crippen LogP) is 13.6. The molecule has 7 nitrogen and oxygen atoms in total. The number of allylic oxidation sites excluding steroid dienone is 15. The summed E-state index contributed by atoms with van der Waals surface area (Å²) in [7, 11) is 6.71. The number of aliphatic hydroxyl groups is 1. The fraction of sp³-hybridized carbons (Fsp3) is 0.523. The molecule has 0 saturated heterocycles. The summed E-state index contributed by atoms with van der Waals surface area (Å²) in [6.07, 6.45) is 34.4. The zero-order valence-electron chi connectivity index (χ0n) is 62.9. The molecule has 0 saturated carbocycles. The van der Waals surface area contributed by atoms with Crippen molar-refractivity contribution in [3.8, 4) is 0 Å². The molecule has 0 spiro atoms. The Morgan fingerprint density at radius 3 is 1.29 bits per heavy atom. The Labute approximate surface area is 650 Å². The Balaban J connectivity index is 0.000000590. The highest BCUT2D eigenvalue weighted by molar-refractivity contribution is 6.04. The Morgan fingerprint density at radius 2 is 0.867 bits per heavy atom. The van der Waals surface area contributed by atoms with Crippen molar-refractivity contribution in [2.75, 3.05) is 76.9 Å². The Morgan fingerprint density at radius 1 is 0.480 bits per heavy atom. The molecule has 2 aliphatic carbocycles. The van der Waals surface area contributed by atoms with Crippen molar-refractivity contribution in [3.05, 3.63) is 213 Å². The van der Waals surface area contributed by atoms with Gasteiger partial charge in [-0.25, -0.2) is 0 Å². The molecule has 6 aliphatic rings. The van der Waals surface area contributed by atoms with Crippen molar-refractivity contribution in [1.82, 2.24) is 0 Å². The molecule has 0 amide bonds. The number of hydrogen-bond acceptors (Lipinski definition) is 4. The Hall–Kier alpha value is -4.35. The number of hydrogen-bond donors (Lipinski definition) is 1. The summed E-state index contributed by atoms with van der Waals surface area (Å²) in [5.74, 6) is 1.09. The molecular weight excluding hydrogens is 1540 g/mol. The van der Waals surface area contributed by atoms with E-state index in [0.29, 0.717) is 6.61 Å². The Kier molecular flexibility index (Phi) is 37.6. The molecule has 4 aromatic rings. The van der Waals surface area contributed by atoms with Crippen molar-refractivity contribution in [1.29, 1.82) is 0 Å². The van der Waals surface area contributed by atoms with Gasteiger partial charge in [0.25, 0.3) is 0 Å². The SMILES string of the molecule is C.C.CCC.CCC.CCCN1/C(=C/C=C2\CCCC(/C=C/C3=[N+](CCC)c4ccccc4C3(C)C)=C2CCCO)C(C)(C)c2ccccc21.CCCN1/C(=C/C=C2\CCCC(/C=C/C3=[N+](CCC)c4ccccc4C3(C)C)=C2OCC[N+](C)(C)C)C(C)(C)c2ccccc21.[I-].[I-].[I-]. The fourth-order valence-corrected chi connectivity index (χ4v) is 14.9. The van der Waals surface area contributed by atoms with Crippen molar-refractivity contribution < 1.29 is 95.4 Å². The van der Waals surface area contributed by atoms with Crippen molar-refractivity contribution in [2.24, 2.45) is 0 Å². The number of anilines is 2. The van der Waals surface area contributed by atoms with Gasteiger partial charge < -0.3 is 96.1 Å². The average Bonchev–Trinajstić information content (AvgIpc) is 1.63. The molecule has 0 unspecified atom stereocenters. The number of para-hydroxylation sites is 4. The predicted molar refractivity (Wildman–Crippen MR) is 416 cm³/mol. The summed E-state index contributed by atoms with van der Waals surface area (Å²) < 4.78 is 12.7. The van der Waals surface area contributed by atoms with E-state index in [1.54, 1.807) is 0 Å². The molecule has 0 aromatic heterocycles. The molecule has 1 N–H and O–H groups in total. The van der Waals surface area contributed by atoms with Crippen molar-refractivity contribution in [3.63, 3.8) is 0 Å². The number of halogens is 3. The van der Waals surface area contributed by atoms with Gasteiger partial charge in [-0.05, 0) is 161 Å². The van der Waals surface area contributed by atoms with Crippen molar-refractivity contribution in [2.45, 2.75) is 237 Å². The van der Waals surface area contributed by atoms with Crippen LogP contribution in [0.4, 0.5) is 22.7 Å². The molecule has 0 atom stereocenters. The first kappa shape index (κ1) is 89.7. The van der Waals surface area contributed by atoms with Gasteiger partial charge in [-0.15, -0.1) is 0 Å². The zero-order valence-corrected chi connectivity index (χ0v) is 69.4. The molecule has 4 heterocycles. The average molecular weight is 1670 g/mol. The lowest BCUT2D eigenvalue weighted by atomic mass is 9.80. The summed E-state index contributed by atoms with van der Waals surface area (Å²) in [5.41, 5.74) is 23.4. The highest BCUT2D eigenvalue weighted by Gasteiger charge is 2.46. The number of nitrogens with zero attached hydrogens (tertiary/aromatic N) is 5. The van der Waals surface area contributed by atoms with Gasteiger partial charge in [0.1, 0.15) is 32.0 Å². The lowest BCUT2D eigenvalue weighted by Crippen LogP contribution is -3.00. The van der Waals surface area contributed by atoms with Crippen molar-refractivity contribution >= 4 is 34.2 Å². The van der Waals surface area contributed by atoms with Crippen LogP contribution in [0.1, 0.15) is 238 Å². The minimum absolute atomic E-state index is 0. The summed E-state index contributed by atoms with van der Waals surface area (Å²) in [6.45, 7) is 42.5. The third-order valence-corrected chi connectivity index (χ3v) is 19.5. The second kappa shape index (κ2) is 41.1. The van der Waals surface area contributed by atoms with E-state index in [1.807, 2.05) is 0 Å². The van der Waals surface area contributed by atoms with Gasteiger partial charge in [0.05, 0.1) is 32.0 Å². The maximum atomic E-state index is 9.81. The number of ether oxygens (including phenoxy) is 1. The number of aliphatic hydroxyl groups excluding tert-OH is 1. The smallest absolute Gasteiger partial charge is 0.209 e. The summed E-state index contributed by atoms with van der Waals surface area (Å²) in [4.78, 5) is 5.07. The van der Waals surface area contributed by atoms with E-state index in [0.717, 1.165) is 120 Å². The van der Waals surface area contributed by atoms with Crippen LogP contribution in [0.25, 0.3) is 0 Å². The highest BCUT2D eigenvalue weighted by Crippen LogP contribution is 2.50. The van der Waals surface area contributed by atoms with Gasteiger partial charge in [-0.3, -0.25) is 0 Å². The number of benzene rings is 4. The van der Waals surface area contributed by atoms with Crippen LogP contribution in [0.3, 0.4) is 0 Å². The second-order valence-electron chi connectivity index (χ2n) is 29.8. The number of likely N-dealkylation sites (N-methyl/N-ethyl adjacent to an activating group) is 1. The molecule has 4 aromatic carbocycles. The van der Waals surface area contributed by atoms with Crippen LogP contribution in [0, 0.1) is 0 Å². The molecule has 0 fully saturated rings. The monoisotopic (exact) mass is 1670 g/mol. The van der Waals surface area contributed by atoms with Gasteiger partial charge in [0, 0.05) is 102 Å². The normalized spacial score (nSPS) is 19.1. The first-order valence-electron chi connectivity index (χ1n) is 36.4. The third-order valence-electron chi connectivity index (χ3n) is 19.5. The molecule has 0 bridgehead atoms. The largest absolute Gasteiger partial charge is 1.00 e. The van der Waals surface area contributed by atoms with Gasteiger partial charge in [-0.1, -0.05) is 202 Å². The second-order valence-corrected chi connectivity index (χ2v) is 29.8. The minimum atomic E-state index is -0.0445. The topological polar surface area (TPSA) is 42.0 Å². The van der Waals surface area contributed by atoms with E-state index in [9.17, 15) is 5.11 Å². The van der Waals surface area contributed by atoms with Gasteiger partial charge in [0.15, 0.2) is 11.4 Å². The van der Waals surface area contributed by atoms with Gasteiger partial charge in [-0.2, -0.15) is 9.15 Å². The molecule has 98 heavy (non-hydrogen) atoms. The van der Waals surface area contributed by atoms with E-state index in [2.05, 4.69) is 297 Å². The molecule has 542 valence electrons. The molecule has 0 radical (unpaired) electrons. The molecule has 4 aliphatic heterocycles. The van der Waals surface area contributed by atoms with E-state index >= 15 is 0 Å². The van der Waals surface area contributed by atoms with Crippen LogP contribution in [-0.4, -0.2) is 97.2 Å². The first-order chi connectivity index (χ1) is 44.5. The molecule has 10 rings (SSSR count).